The van der Waals surface area contributed by atoms with E-state index < -0.39 is 5.60 Å². The topological polar surface area (TPSA) is 68.6 Å². The largest absolute Gasteiger partial charge is 0.497 e. The maximum atomic E-state index is 12.8. The average Bonchev–Trinajstić information content (AvgIpc) is 3.39. The van der Waals surface area contributed by atoms with Crippen LogP contribution in [0.15, 0.2) is 42.7 Å². The van der Waals surface area contributed by atoms with Crippen molar-refractivity contribution in [1.82, 2.24) is 20.0 Å². The van der Waals surface area contributed by atoms with E-state index in [-0.39, 0.29) is 18.2 Å². The second-order valence-electron chi connectivity index (χ2n) is 8.71. The molecule has 1 aromatic carbocycles. The van der Waals surface area contributed by atoms with E-state index in [1.807, 2.05) is 54.7 Å². The lowest BCUT2D eigenvalue weighted by Crippen LogP contribution is -2.46. The van der Waals surface area contributed by atoms with Crippen LogP contribution in [-0.2, 0) is 11.3 Å². The number of hydrogen-bond donors (Lipinski definition) is 1. The molecule has 164 valence electrons. The predicted molar refractivity (Wildman–Crippen MR) is 117 cm³/mol. The highest BCUT2D eigenvalue weighted by Gasteiger charge is 2.37. The summed E-state index contributed by atoms with van der Waals surface area (Å²) in [7, 11) is 1.67. The van der Waals surface area contributed by atoms with Crippen molar-refractivity contribution in [2.75, 3.05) is 20.2 Å². The van der Waals surface area contributed by atoms with E-state index in [4.69, 9.17) is 9.47 Å². The van der Waals surface area contributed by atoms with E-state index in [9.17, 15) is 4.79 Å². The molecule has 1 aromatic heterocycles. The Morgan fingerprint density at radius 3 is 2.70 bits per heavy atom. The molecule has 2 atom stereocenters. The Balaban J connectivity index is 1.72. The number of benzene rings is 1. The zero-order valence-corrected chi connectivity index (χ0v) is 18.5. The monoisotopic (exact) mass is 414 g/mol. The molecule has 1 aliphatic rings. The lowest BCUT2D eigenvalue weighted by Gasteiger charge is -2.34. The van der Waals surface area contributed by atoms with Crippen molar-refractivity contribution in [2.45, 2.75) is 64.3 Å². The van der Waals surface area contributed by atoms with Crippen LogP contribution in [-0.4, -0.2) is 52.6 Å². The number of carbonyl (C=O) groups excluding carboxylic acids is 1. The number of methoxy groups -OCH3 is 1. The minimum atomic E-state index is -0.503. The number of ether oxygens (including phenoxy) is 2. The van der Waals surface area contributed by atoms with Crippen LogP contribution in [0, 0.1) is 0 Å². The van der Waals surface area contributed by atoms with Gasteiger partial charge in [-0.2, -0.15) is 5.10 Å². The number of nitrogens with one attached hydrogen (secondary N) is 1. The zero-order valence-electron chi connectivity index (χ0n) is 18.5. The van der Waals surface area contributed by atoms with E-state index in [1.54, 1.807) is 13.3 Å². The molecule has 3 rings (SSSR count). The van der Waals surface area contributed by atoms with Crippen LogP contribution in [0.2, 0.25) is 0 Å². The molecule has 30 heavy (non-hydrogen) atoms. The molecule has 1 aliphatic heterocycles. The maximum Gasteiger partial charge on any atom is 0.410 e. The molecule has 2 heterocycles. The number of aromatic nitrogens is 2. The fraction of sp³-hybridized carbons (Fsp3) is 0.565. The van der Waals surface area contributed by atoms with Crippen LogP contribution >= 0.6 is 0 Å². The lowest BCUT2D eigenvalue weighted by molar-refractivity contribution is 0.0194. The lowest BCUT2D eigenvalue weighted by atomic mass is 9.97. The Bertz CT molecular complexity index is 784. The predicted octanol–water partition coefficient (Wildman–Crippen LogP) is 4.01. The van der Waals surface area contributed by atoms with Gasteiger partial charge in [0.05, 0.1) is 19.2 Å². The van der Waals surface area contributed by atoms with Gasteiger partial charge in [-0.15, -0.1) is 0 Å². The molecule has 0 bridgehead atoms. The van der Waals surface area contributed by atoms with Gasteiger partial charge in [0.25, 0.3) is 0 Å². The third-order valence-corrected chi connectivity index (χ3v) is 5.27. The molecule has 0 unspecified atom stereocenters. The average molecular weight is 415 g/mol. The third-order valence-electron chi connectivity index (χ3n) is 5.27. The first-order chi connectivity index (χ1) is 14.4. The molecule has 1 fully saturated rings. The summed E-state index contributed by atoms with van der Waals surface area (Å²) in [4.78, 5) is 14.7. The van der Waals surface area contributed by atoms with Gasteiger partial charge in [-0.25, -0.2) is 4.79 Å². The Labute approximate surface area is 179 Å². The molecule has 1 saturated heterocycles. The Morgan fingerprint density at radius 1 is 1.30 bits per heavy atom. The molecule has 1 amide bonds. The van der Waals surface area contributed by atoms with Crippen LogP contribution in [0.25, 0.3) is 0 Å². The van der Waals surface area contributed by atoms with Crippen LogP contribution in [0.5, 0.6) is 5.75 Å². The van der Waals surface area contributed by atoms with E-state index in [1.165, 1.54) is 0 Å². The third kappa shape index (κ3) is 5.98. The van der Waals surface area contributed by atoms with E-state index >= 15 is 0 Å². The quantitative estimate of drug-likeness (QED) is 0.661. The van der Waals surface area contributed by atoms with Gasteiger partial charge >= 0.3 is 6.09 Å². The first-order valence-corrected chi connectivity index (χ1v) is 10.7. The van der Waals surface area contributed by atoms with Gasteiger partial charge < -0.3 is 19.7 Å². The molecule has 2 aromatic rings. The number of nitrogens with zero attached hydrogens (tertiary/aromatic N) is 3. The molecule has 0 saturated carbocycles. The fourth-order valence-electron chi connectivity index (χ4n) is 3.90. The van der Waals surface area contributed by atoms with Gasteiger partial charge in [0.2, 0.25) is 0 Å². The van der Waals surface area contributed by atoms with Gasteiger partial charge in [0, 0.05) is 25.5 Å². The summed E-state index contributed by atoms with van der Waals surface area (Å²) in [6.45, 7) is 8.13. The van der Waals surface area contributed by atoms with Crippen molar-refractivity contribution in [1.29, 1.82) is 0 Å². The first-order valence-electron chi connectivity index (χ1n) is 10.7. The summed E-state index contributed by atoms with van der Waals surface area (Å²) in [6, 6.07) is 10.1. The summed E-state index contributed by atoms with van der Waals surface area (Å²) in [5.41, 5.74) is 0.646. The van der Waals surface area contributed by atoms with Crippen molar-refractivity contribution >= 4 is 6.09 Å². The zero-order chi connectivity index (χ0) is 21.6. The highest BCUT2D eigenvalue weighted by Crippen LogP contribution is 2.31. The number of rotatable bonds is 8. The molecular weight excluding hydrogens is 380 g/mol. The molecule has 1 N–H and O–H groups in total. The second kappa shape index (κ2) is 9.98. The minimum Gasteiger partial charge on any atom is -0.497 e. The second-order valence-corrected chi connectivity index (χ2v) is 8.71. The number of carbonyl (C=O) groups is 1. The standard InChI is InChI=1S/C23H34N4O3/c1-23(2,3)30-22(28)27-17-5-8-20(27)21(18-9-11-19(29-4)12-10-18)24-13-6-15-26-16-7-14-25-26/h7,9-12,14,16,20-21,24H,5-6,8,13,15,17H2,1-4H3/t20-,21-/m0/s1. The minimum absolute atomic E-state index is 0.0311. The van der Waals surface area contributed by atoms with E-state index in [0.29, 0.717) is 0 Å². The summed E-state index contributed by atoms with van der Waals surface area (Å²) < 4.78 is 12.9. The maximum absolute atomic E-state index is 12.8. The highest BCUT2D eigenvalue weighted by molar-refractivity contribution is 5.69. The van der Waals surface area contributed by atoms with Gasteiger partial charge in [-0.3, -0.25) is 4.68 Å². The molecule has 0 spiro atoms. The summed E-state index contributed by atoms with van der Waals surface area (Å²) in [5.74, 6) is 0.826. The molecule has 0 aliphatic carbocycles. The summed E-state index contributed by atoms with van der Waals surface area (Å²) in [6.07, 6.45) is 6.41. The van der Waals surface area contributed by atoms with E-state index in [0.717, 1.165) is 50.2 Å². The van der Waals surface area contributed by atoms with Crippen molar-refractivity contribution in [3.05, 3.63) is 48.3 Å². The Morgan fingerprint density at radius 2 is 2.07 bits per heavy atom. The van der Waals surface area contributed by atoms with Crippen molar-refractivity contribution in [2.24, 2.45) is 0 Å². The van der Waals surface area contributed by atoms with Crippen molar-refractivity contribution < 1.29 is 14.3 Å². The summed E-state index contributed by atoms with van der Waals surface area (Å²) in [5, 5.41) is 7.96. The smallest absolute Gasteiger partial charge is 0.410 e. The van der Waals surface area contributed by atoms with Gasteiger partial charge in [-0.1, -0.05) is 12.1 Å². The molecule has 0 radical (unpaired) electrons. The van der Waals surface area contributed by atoms with Crippen LogP contribution < -0.4 is 10.1 Å². The number of hydrogen-bond acceptors (Lipinski definition) is 5. The van der Waals surface area contributed by atoms with Crippen molar-refractivity contribution in [3.8, 4) is 5.75 Å². The van der Waals surface area contributed by atoms with Crippen LogP contribution in [0.4, 0.5) is 4.79 Å². The van der Waals surface area contributed by atoms with Gasteiger partial charge in [0.1, 0.15) is 11.4 Å². The number of likely N-dealkylation sites (tertiary alicyclic amines) is 1. The fourth-order valence-corrected chi connectivity index (χ4v) is 3.90. The first kappa shape index (κ1) is 22.2. The summed E-state index contributed by atoms with van der Waals surface area (Å²) >= 11 is 0. The molecular formula is C23H34N4O3. The SMILES string of the molecule is COc1ccc([C@H](NCCCn2cccn2)[C@@H]2CCCN2C(=O)OC(C)(C)C)cc1. The molecule has 7 nitrogen and oxygen atoms in total. The highest BCUT2D eigenvalue weighted by atomic mass is 16.6. The van der Waals surface area contributed by atoms with E-state index in [2.05, 4.69) is 22.5 Å². The molecule has 7 heteroatoms. The number of aryl methyl sites for hydroxylation is 1. The Hall–Kier alpha value is -2.54. The van der Waals surface area contributed by atoms with Crippen LogP contribution in [0.1, 0.15) is 51.6 Å². The van der Waals surface area contributed by atoms with Gasteiger partial charge in [0.15, 0.2) is 0 Å². The Kier molecular flexibility index (Phi) is 7.37. The van der Waals surface area contributed by atoms with Crippen molar-refractivity contribution in [3.63, 3.8) is 0 Å². The number of amides is 1. The van der Waals surface area contributed by atoms with Crippen LogP contribution in [0.3, 0.4) is 0 Å². The van der Waals surface area contributed by atoms with Gasteiger partial charge in [-0.05, 0) is 70.3 Å². The normalized spacial score (nSPS) is 17.7.